The van der Waals surface area contributed by atoms with E-state index < -0.39 is 5.76 Å². The van der Waals surface area contributed by atoms with Gasteiger partial charge in [0.15, 0.2) is 5.76 Å². The van der Waals surface area contributed by atoms with Gasteiger partial charge >= 0.3 is 5.76 Å². The average Bonchev–Trinajstić information content (AvgIpc) is 3.37. The molecule has 0 aliphatic carbocycles. The number of furan rings is 1. The van der Waals surface area contributed by atoms with Crippen molar-refractivity contribution in [3.63, 3.8) is 0 Å². The number of methoxy groups -OCH3 is 1. The molecular weight excluding hydrogens is 342 g/mol. The monoisotopic (exact) mass is 355 g/mol. The van der Waals surface area contributed by atoms with Gasteiger partial charge in [-0.1, -0.05) is 12.1 Å². The Labute approximate surface area is 146 Å². The van der Waals surface area contributed by atoms with Crippen LogP contribution < -0.4 is 10.5 Å². The van der Waals surface area contributed by atoms with Crippen LogP contribution in [-0.2, 0) is 6.54 Å². The molecule has 0 aliphatic rings. The van der Waals surface area contributed by atoms with Gasteiger partial charge in [-0.15, -0.1) is 16.4 Å². The fraction of sp³-hybridized carbons (Fsp3) is 0.118. The normalized spacial score (nSPS) is 10.9. The standard InChI is InChI=1S/C17H13N3O4S/c1-22-13-5-2-4-11(8-13)16-18-12(10-25-16)9-20-17(21)24-15(19-20)14-6-3-7-23-14/h2-8,10H,9H2,1H3. The Balaban J connectivity index is 1.58. The zero-order chi connectivity index (χ0) is 17.2. The fourth-order valence-electron chi connectivity index (χ4n) is 2.33. The van der Waals surface area contributed by atoms with E-state index in [-0.39, 0.29) is 12.4 Å². The molecule has 0 aliphatic heterocycles. The van der Waals surface area contributed by atoms with Crippen molar-refractivity contribution >= 4 is 11.3 Å². The van der Waals surface area contributed by atoms with Crippen LogP contribution in [0.15, 0.2) is 61.7 Å². The Morgan fingerprint density at radius 2 is 2.20 bits per heavy atom. The van der Waals surface area contributed by atoms with Crippen molar-refractivity contribution in [2.75, 3.05) is 7.11 Å². The minimum Gasteiger partial charge on any atom is -0.497 e. The summed E-state index contributed by atoms with van der Waals surface area (Å²) < 4.78 is 16.8. The predicted octanol–water partition coefficient (Wildman–Crippen LogP) is 3.28. The summed E-state index contributed by atoms with van der Waals surface area (Å²) in [6.07, 6.45) is 1.50. The van der Waals surface area contributed by atoms with Crippen molar-refractivity contribution in [3.8, 4) is 28.0 Å². The van der Waals surface area contributed by atoms with Crippen LogP contribution >= 0.6 is 11.3 Å². The Morgan fingerprint density at radius 1 is 1.28 bits per heavy atom. The van der Waals surface area contributed by atoms with Crippen molar-refractivity contribution in [3.05, 3.63) is 64.3 Å². The van der Waals surface area contributed by atoms with E-state index in [9.17, 15) is 4.79 Å². The van der Waals surface area contributed by atoms with Crippen molar-refractivity contribution in [2.45, 2.75) is 6.54 Å². The highest BCUT2D eigenvalue weighted by Gasteiger charge is 2.14. The quantitative estimate of drug-likeness (QED) is 0.546. The van der Waals surface area contributed by atoms with Crippen LogP contribution in [0.5, 0.6) is 5.75 Å². The van der Waals surface area contributed by atoms with Gasteiger partial charge in [0, 0.05) is 10.9 Å². The lowest BCUT2D eigenvalue weighted by molar-refractivity contribution is 0.415. The summed E-state index contributed by atoms with van der Waals surface area (Å²) in [6.45, 7) is 0.226. The van der Waals surface area contributed by atoms with Crippen LogP contribution in [0.25, 0.3) is 22.2 Å². The van der Waals surface area contributed by atoms with Gasteiger partial charge in [0.05, 0.1) is 25.6 Å². The topological polar surface area (TPSA) is 83.3 Å². The summed E-state index contributed by atoms with van der Waals surface area (Å²) in [5.41, 5.74) is 1.68. The Kier molecular flexibility index (Phi) is 3.95. The number of thiazole rings is 1. The highest BCUT2D eigenvalue weighted by Crippen LogP contribution is 2.27. The van der Waals surface area contributed by atoms with E-state index in [4.69, 9.17) is 13.6 Å². The van der Waals surface area contributed by atoms with Gasteiger partial charge in [-0.05, 0) is 24.3 Å². The first kappa shape index (κ1) is 15.4. The maximum atomic E-state index is 12.0. The van der Waals surface area contributed by atoms with Crippen LogP contribution in [0, 0.1) is 0 Å². The molecule has 0 spiro atoms. The molecule has 0 bridgehead atoms. The lowest BCUT2D eigenvalue weighted by Crippen LogP contribution is -2.16. The van der Waals surface area contributed by atoms with Gasteiger partial charge in [-0.2, -0.15) is 4.68 Å². The molecule has 0 radical (unpaired) electrons. The lowest BCUT2D eigenvalue weighted by atomic mass is 10.2. The highest BCUT2D eigenvalue weighted by molar-refractivity contribution is 7.13. The second-order valence-corrected chi connectivity index (χ2v) is 6.04. The third-order valence-corrected chi connectivity index (χ3v) is 4.46. The molecule has 8 heteroatoms. The smallest absolute Gasteiger partial charge is 0.437 e. The van der Waals surface area contributed by atoms with Crippen LogP contribution in [0.1, 0.15) is 5.69 Å². The average molecular weight is 355 g/mol. The molecule has 0 saturated heterocycles. The van der Waals surface area contributed by atoms with Crippen molar-refractivity contribution in [1.29, 1.82) is 0 Å². The van der Waals surface area contributed by atoms with E-state index in [2.05, 4.69) is 10.1 Å². The van der Waals surface area contributed by atoms with E-state index in [0.717, 1.165) is 22.0 Å². The Bertz CT molecular complexity index is 1050. The van der Waals surface area contributed by atoms with Crippen LogP contribution in [0.4, 0.5) is 0 Å². The molecule has 126 valence electrons. The maximum Gasteiger partial charge on any atom is 0.437 e. The molecular formula is C17H13N3O4S. The number of benzene rings is 1. The summed E-state index contributed by atoms with van der Waals surface area (Å²) in [4.78, 5) is 16.5. The van der Waals surface area contributed by atoms with E-state index in [0.29, 0.717) is 5.76 Å². The highest BCUT2D eigenvalue weighted by atomic mass is 32.1. The first-order chi connectivity index (χ1) is 12.2. The van der Waals surface area contributed by atoms with Gasteiger partial charge in [0.25, 0.3) is 5.89 Å². The number of hydrogen-bond donors (Lipinski definition) is 0. The first-order valence-corrected chi connectivity index (χ1v) is 8.31. The second-order valence-electron chi connectivity index (χ2n) is 5.18. The number of rotatable bonds is 5. The molecule has 0 atom stereocenters. The minimum absolute atomic E-state index is 0.151. The predicted molar refractivity (Wildman–Crippen MR) is 91.7 cm³/mol. The summed E-state index contributed by atoms with van der Waals surface area (Å²) in [7, 11) is 1.62. The largest absolute Gasteiger partial charge is 0.497 e. The van der Waals surface area contributed by atoms with Crippen molar-refractivity contribution < 1.29 is 13.6 Å². The van der Waals surface area contributed by atoms with Crippen LogP contribution in [0.3, 0.4) is 0 Å². The van der Waals surface area contributed by atoms with Gasteiger partial charge in [-0.25, -0.2) is 9.78 Å². The van der Waals surface area contributed by atoms with E-state index >= 15 is 0 Å². The third-order valence-electron chi connectivity index (χ3n) is 3.52. The van der Waals surface area contributed by atoms with Gasteiger partial charge in [0.1, 0.15) is 10.8 Å². The summed E-state index contributed by atoms with van der Waals surface area (Å²) in [5.74, 6) is 0.775. The van der Waals surface area contributed by atoms with E-state index in [1.54, 1.807) is 19.2 Å². The van der Waals surface area contributed by atoms with Crippen molar-refractivity contribution in [2.24, 2.45) is 0 Å². The number of ether oxygens (including phenoxy) is 1. The molecule has 4 rings (SSSR count). The zero-order valence-electron chi connectivity index (χ0n) is 13.2. The summed E-state index contributed by atoms with van der Waals surface area (Å²) in [5, 5.41) is 6.88. The zero-order valence-corrected chi connectivity index (χ0v) is 14.0. The number of aromatic nitrogens is 3. The summed E-state index contributed by atoms with van der Waals surface area (Å²) >= 11 is 1.49. The van der Waals surface area contributed by atoms with Gasteiger partial charge < -0.3 is 13.6 Å². The molecule has 3 heterocycles. The first-order valence-electron chi connectivity index (χ1n) is 7.43. The van der Waals surface area contributed by atoms with Crippen molar-refractivity contribution in [1.82, 2.24) is 14.8 Å². The van der Waals surface area contributed by atoms with Gasteiger partial charge in [0.2, 0.25) is 0 Å². The SMILES string of the molecule is COc1cccc(-c2nc(Cn3nc(-c4ccco4)oc3=O)cs2)c1. The number of nitrogens with zero attached hydrogens (tertiary/aromatic N) is 3. The molecule has 0 unspecified atom stereocenters. The van der Waals surface area contributed by atoms with E-state index in [1.165, 1.54) is 22.3 Å². The fourth-order valence-corrected chi connectivity index (χ4v) is 3.14. The summed E-state index contributed by atoms with van der Waals surface area (Å²) in [6, 6.07) is 11.0. The second kappa shape index (κ2) is 6.40. The molecule has 25 heavy (non-hydrogen) atoms. The maximum absolute atomic E-state index is 12.0. The lowest BCUT2D eigenvalue weighted by Gasteiger charge is -2.01. The molecule has 0 fully saturated rings. The molecule has 0 saturated carbocycles. The number of hydrogen-bond acceptors (Lipinski definition) is 7. The van der Waals surface area contributed by atoms with Crippen LogP contribution in [0.2, 0.25) is 0 Å². The minimum atomic E-state index is -0.553. The molecule has 7 nitrogen and oxygen atoms in total. The molecule has 4 aromatic rings. The van der Waals surface area contributed by atoms with Crippen LogP contribution in [-0.4, -0.2) is 21.9 Å². The molecule has 0 amide bonds. The molecule has 1 aromatic carbocycles. The Hall–Kier alpha value is -3.13. The van der Waals surface area contributed by atoms with Gasteiger partial charge in [-0.3, -0.25) is 0 Å². The molecule has 3 aromatic heterocycles. The molecule has 0 N–H and O–H groups in total. The Morgan fingerprint density at radius 3 is 3.00 bits per heavy atom. The third kappa shape index (κ3) is 3.11. The van der Waals surface area contributed by atoms with E-state index in [1.807, 2.05) is 29.6 Å².